The summed E-state index contributed by atoms with van der Waals surface area (Å²) < 4.78 is 0. The van der Waals surface area contributed by atoms with Gasteiger partial charge in [-0.2, -0.15) is 0 Å². The molecular formula is C10H9ClN2O. The van der Waals surface area contributed by atoms with Crippen LogP contribution < -0.4 is 5.32 Å². The molecule has 1 aromatic carbocycles. The van der Waals surface area contributed by atoms with Gasteiger partial charge in [-0.1, -0.05) is 0 Å². The van der Waals surface area contributed by atoms with Crippen molar-refractivity contribution in [2.24, 2.45) is 0 Å². The number of H-pyrrole nitrogens is 1. The number of fused-ring (bicyclic) bond motifs is 1. The average molecular weight is 209 g/mol. The Morgan fingerprint density at radius 1 is 1.43 bits per heavy atom. The summed E-state index contributed by atoms with van der Waals surface area (Å²) >= 11 is 5.38. The van der Waals surface area contributed by atoms with Gasteiger partial charge in [0.15, 0.2) is 0 Å². The summed E-state index contributed by atoms with van der Waals surface area (Å²) in [6.45, 7) is 0. The van der Waals surface area contributed by atoms with Crippen LogP contribution >= 0.6 is 11.6 Å². The summed E-state index contributed by atoms with van der Waals surface area (Å²) in [6.07, 6.45) is 1.86. The van der Waals surface area contributed by atoms with Gasteiger partial charge in [0.1, 0.15) is 5.88 Å². The molecule has 0 aliphatic rings. The third-order valence-corrected chi connectivity index (χ3v) is 2.20. The summed E-state index contributed by atoms with van der Waals surface area (Å²) in [5, 5.41) is 3.76. The van der Waals surface area contributed by atoms with Crippen LogP contribution in [0.25, 0.3) is 10.9 Å². The number of aromatic nitrogens is 1. The first-order chi connectivity index (χ1) is 6.79. The minimum absolute atomic E-state index is 0.0226. The fraction of sp³-hybridized carbons (Fsp3) is 0.100. The maximum Gasteiger partial charge on any atom is 0.239 e. The molecule has 0 fully saturated rings. The van der Waals surface area contributed by atoms with E-state index in [9.17, 15) is 4.79 Å². The van der Waals surface area contributed by atoms with Gasteiger partial charge in [0, 0.05) is 22.8 Å². The number of rotatable bonds is 2. The molecule has 0 saturated heterocycles. The van der Waals surface area contributed by atoms with Crippen LogP contribution in [0.5, 0.6) is 0 Å². The molecular weight excluding hydrogens is 200 g/mol. The Balaban J connectivity index is 2.30. The first-order valence-electron chi connectivity index (χ1n) is 4.22. The van der Waals surface area contributed by atoms with Gasteiger partial charge in [-0.25, -0.2) is 0 Å². The number of aromatic amines is 1. The second kappa shape index (κ2) is 3.72. The molecule has 1 heterocycles. The molecule has 14 heavy (non-hydrogen) atoms. The van der Waals surface area contributed by atoms with Crippen LogP contribution in [0.4, 0.5) is 5.69 Å². The van der Waals surface area contributed by atoms with Crippen molar-refractivity contribution in [1.82, 2.24) is 4.98 Å². The first kappa shape index (κ1) is 9.09. The standard InChI is InChI=1S/C10H9ClN2O/c11-6-10(14)13-8-1-2-9-7(5-8)3-4-12-9/h1-5,12H,6H2,(H,13,14). The molecule has 0 atom stereocenters. The Kier molecular flexibility index (Phi) is 2.41. The lowest BCUT2D eigenvalue weighted by molar-refractivity contribution is -0.113. The van der Waals surface area contributed by atoms with Gasteiger partial charge < -0.3 is 10.3 Å². The molecule has 0 spiro atoms. The van der Waals surface area contributed by atoms with E-state index in [1.807, 2.05) is 30.5 Å². The normalized spacial score (nSPS) is 10.4. The molecule has 1 amide bonds. The Hall–Kier alpha value is -1.48. The van der Waals surface area contributed by atoms with Crippen LogP contribution in [0, 0.1) is 0 Å². The number of amides is 1. The average Bonchev–Trinajstić information content (AvgIpc) is 2.64. The lowest BCUT2D eigenvalue weighted by Crippen LogP contribution is -2.12. The highest BCUT2D eigenvalue weighted by atomic mass is 35.5. The molecule has 2 aromatic rings. The zero-order chi connectivity index (χ0) is 9.97. The highest BCUT2D eigenvalue weighted by Gasteiger charge is 2.00. The summed E-state index contributed by atoms with van der Waals surface area (Å²) in [7, 11) is 0. The monoisotopic (exact) mass is 208 g/mol. The molecule has 3 nitrogen and oxygen atoms in total. The van der Waals surface area contributed by atoms with Crippen LogP contribution in [0.3, 0.4) is 0 Å². The Labute approximate surface area is 86.1 Å². The number of halogens is 1. The van der Waals surface area contributed by atoms with Crippen molar-refractivity contribution in [3.8, 4) is 0 Å². The van der Waals surface area contributed by atoms with E-state index >= 15 is 0 Å². The highest BCUT2D eigenvalue weighted by Crippen LogP contribution is 2.17. The van der Waals surface area contributed by atoms with E-state index in [0.717, 1.165) is 16.6 Å². The number of nitrogens with one attached hydrogen (secondary N) is 2. The second-order valence-electron chi connectivity index (χ2n) is 2.96. The minimum Gasteiger partial charge on any atom is -0.361 e. The van der Waals surface area contributed by atoms with E-state index in [2.05, 4.69) is 10.3 Å². The fourth-order valence-electron chi connectivity index (χ4n) is 1.33. The molecule has 2 N–H and O–H groups in total. The largest absolute Gasteiger partial charge is 0.361 e. The van der Waals surface area contributed by atoms with Gasteiger partial charge in [-0.15, -0.1) is 11.6 Å². The fourth-order valence-corrected chi connectivity index (χ4v) is 1.39. The quantitative estimate of drug-likeness (QED) is 0.732. The van der Waals surface area contributed by atoms with Gasteiger partial charge in [0.05, 0.1) is 0 Å². The van der Waals surface area contributed by atoms with Crippen molar-refractivity contribution in [3.05, 3.63) is 30.5 Å². The van der Waals surface area contributed by atoms with Crippen molar-refractivity contribution in [3.63, 3.8) is 0 Å². The zero-order valence-corrected chi connectivity index (χ0v) is 8.14. The zero-order valence-electron chi connectivity index (χ0n) is 7.38. The van der Waals surface area contributed by atoms with Crippen LogP contribution in [-0.2, 0) is 4.79 Å². The summed E-state index contributed by atoms with van der Waals surface area (Å²) in [5.74, 6) is -0.216. The maximum atomic E-state index is 11.0. The molecule has 0 unspecified atom stereocenters. The Morgan fingerprint density at radius 2 is 2.29 bits per heavy atom. The second-order valence-corrected chi connectivity index (χ2v) is 3.23. The third kappa shape index (κ3) is 1.72. The maximum absolute atomic E-state index is 11.0. The number of alkyl halides is 1. The van der Waals surface area contributed by atoms with Crippen molar-refractivity contribution < 1.29 is 4.79 Å². The van der Waals surface area contributed by atoms with Gasteiger partial charge in [-0.05, 0) is 24.3 Å². The van der Waals surface area contributed by atoms with Crippen molar-refractivity contribution >= 4 is 34.1 Å². The molecule has 0 aliphatic carbocycles. The van der Waals surface area contributed by atoms with Crippen molar-refractivity contribution in [2.75, 3.05) is 11.2 Å². The molecule has 1 aromatic heterocycles. The molecule has 0 bridgehead atoms. The van der Waals surface area contributed by atoms with Gasteiger partial charge in [0.2, 0.25) is 5.91 Å². The molecule has 0 aliphatic heterocycles. The van der Waals surface area contributed by atoms with Crippen LogP contribution in [0.15, 0.2) is 30.5 Å². The minimum atomic E-state index is -0.193. The molecule has 0 saturated carbocycles. The van der Waals surface area contributed by atoms with Crippen molar-refractivity contribution in [1.29, 1.82) is 0 Å². The summed E-state index contributed by atoms with van der Waals surface area (Å²) in [6, 6.07) is 7.60. The van der Waals surface area contributed by atoms with Crippen LogP contribution in [0.2, 0.25) is 0 Å². The summed E-state index contributed by atoms with van der Waals surface area (Å²) in [5.41, 5.74) is 1.82. The van der Waals surface area contributed by atoms with E-state index in [1.165, 1.54) is 0 Å². The van der Waals surface area contributed by atoms with E-state index in [0.29, 0.717) is 0 Å². The Morgan fingerprint density at radius 3 is 3.07 bits per heavy atom. The number of carbonyl (C=O) groups is 1. The van der Waals surface area contributed by atoms with Gasteiger partial charge >= 0.3 is 0 Å². The smallest absolute Gasteiger partial charge is 0.239 e. The highest BCUT2D eigenvalue weighted by molar-refractivity contribution is 6.29. The van der Waals surface area contributed by atoms with E-state index in [4.69, 9.17) is 11.6 Å². The Bertz CT molecular complexity index is 464. The van der Waals surface area contributed by atoms with E-state index < -0.39 is 0 Å². The first-order valence-corrected chi connectivity index (χ1v) is 4.76. The molecule has 4 heteroatoms. The van der Waals surface area contributed by atoms with Gasteiger partial charge in [-0.3, -0.25) is 4.79 Å². The number of hydrogen-bond donors (Lipinski definition) is 2. The topological polar surface area (TPSA) is 44.9 Å². The predicted octanol–water partition coefficient (Wildman–Crippen LogP) is 2.35. The third-order valence-electron chi connectivity index (χ3n) is 1.96. The lowest BCUT2D eigenvalue weighted by atomic mass is 10.2. The van der Waals surface area contributed by atoms with E-state index in [-0.39, 0.29) is 11.8 Å². The number of anilines is 1. The predicted molar refractivity (Wildman–Crippen MR) is 57.6 cm³/mol. The molecule has 0 radical (unpaired) electrons. The molecule has 2 rings (SSSR count). The number of hydrogen-bond acceptors (Lipinski definition) is 1. The van der Waals surface area contributed by atoms with E-state index in [1.54, 1.807) is 0 Å². The number of carbonyl (C=O) groups excluding carboxylic acids is 1. The van der Waals surface area contributed by atoms with Crippen molar-refractivity contribution in [2.45, 2.75) is 0 Å². The SMILES string of the molecule is O=C(CCl)Nc1ccc2[nH]ccc2c1. The number of benzene rings is 1. The molecule has 72 valence electrons. The van der Waals surface area contributed by atoms with Crippen LogP contribution in [-0.4, -0.2) is 16.8 Å². The van der Waals surface area contributed by atoms with Crippen LogP contribution in [0.1, 0.15) is 0 Å². The lowest BCUT2D eigenvalue weighted by Gasteiger charge is -2.02. The summed E-state index contributed by atoms with van der Waals surface area (Å²) in [4.78, 5) is 14.1. The van der Waals surface area contributed by atoms with Gasteiger partial charge in [0.25, 0.3) is 0 Å².